The second kappa shape index (κ2) is 7.43. The number of nitrogens with zero attached hydrogens (tertiary/aromatic N) is 1. The first-order valence-electron chi connectivity index (χ1n) is 8.00. The Morgan fingerprint density at radius 1 is 1.24 bits per heavy atom. The quantitative estimate of drug-likeness (QED) is 0.844. The molecule has 0 spiro atoms. The number of aromatic amines is 2. The van der Waals surface area contributed by atoms with Crippen LogP contribution in [0.15, 0.2) is 39.9 Å². The highest BCUT2D eigenvalue weighted by Gasteiger charge is 2.24. The van der Waals surface area contributed by atoms with Crippen LogP contribution in [0.5, 0.6) is 0 Å². The molecule has 0 aliphatic carbocycles. The van der Waals surface area contributed by atoms with Crippen molar-refractivity contribution in [2.24, 2.45) is 0 Å². The minimum Gasteiger partial charge on any atom is -0.376 e. The van der Waals surface area contributed by atoms with Crippen LogP contribution < -0.4 is 11.2 Å². The van der Waals surface area contributed by atoms with E-state index in [1.54, 1.807) is 12.1 Å². The molecule has 7 nitrogen and oxygen atoms in total. The Morgan fingerprint density at radius 2 is 2.00 bits per heavy atom. The predicted molar refractivity (Wildman–Crippen MR) is 87.8 cm³/mol. The Morgan fingerprint density at radius 3 is 2.64 bits per heavy atom. The standard InChI is InChI=1S/C17H18FN3O4/c18-12-5-3-11(4-6-12)9-21(10-13-2-1-7-25-13)16(23)14-8-15(22)20-17(24)19-14/h3-6,8,13H,1-2,7,9-10H2,(H2,19,20,22,24)/t13-/m1/s1. The number of nitrogens with one attached hydrogen (secondary N) is 2. The molecule has 0 bridgehead atoms. The summed E-state index contributed by atoms with van der Waals surface area (Å²) in [5.74, 6) is -0.845. The Bertz CT molecular complexity index is 825. The van der Waals surface area contributed by atoms with E-state index in [0.29, 0.717) is 13.2 Å². The molecule has 1 aliphatic heterocycles. The molecule has 1 aromatic carbocycles. The summed E-state index contributed by atoms with van der Waals surface area (Å²) in [7, 11) is 0. The average Bonchev–Trinajstić information content (AvgIpc) is 3.08. The van der Waals surface area contributed by atoms with E-state index in [1.807, 2.05) is 4.98 Å². The number of carbonyl (C=O) groups excluding carboxylic acids is 1. The van der Waals surface area contributed by atoms with E-state index < -0.39 is 17.2 Å². The van der Waals surface area contributed by atoms with Crippen molar-refractivity contribution in [2.75, 3.05) is 13.2 Å². The van der Waals surface area contributed by atoms with Gasteiger partial charge in [-0.15, -0.1) is 0 Å². The summed E-state index contributed by atoms with van der Waals surface area (Å²) in [5.41, 5.74) is -0.741. The molecule has 0 saturated carbocycles. The van der Waals surface area contributed by atoms with E-state index in [-0.39, 0.29) is 24.2 Å². The Hall–Kier alpha value is -2.74. The second-order valence-corrected chi connectivity index (χ2v) is 5.95. The minimum absolute atomic E-state index is 0.0890. The van der Waals surface area contributed by atoms with E-state index >= 15 is 0 Å². The molecule has 0 radical (unpaired) electrons. The van der Waals surface area contributed by atoms with E-state index in [2.05, 4.69) is 4.98 Å². The Balaban J connectivity index is 1.85. The van der Waals surface area contributed by atoms with Crippen molar-refractivity contribution in [3.63, 3.8) is 0 Å². The summed E-state index contributed by atoms with van der Waals surface area (Å²) in [6.45, 7) is 1.18. The van der Waals surface area contributed by atoms with Gasteiger partial charge in [0.25, 0.3) is 11.5 Å². The van der Waals surface area contributed by atoms with Crippen molar-refractivity contribution in [1.82, 2.24) is 14.9 Å². The monoisotopic (exact) mass is 347 g/mol. The number of halogens is 1. The maximum atomic E-state index is 13.1. The SMILES string of the molecule is O=C(c1cc(=O)[nH]c(=O)[nH]1)N(Cc1ccc(F)cc1)C[C@H]1CCCO1. The zero-order valence-electron chi connectivity index (χ0n) is 13.5. The molecule has 1 amide bonds. The maximum absolute atomic E-state index is 13.1. The summed E-state index contributed by atoms with van der Waals surface area (Å²) in [6, 6.07) is 6.87. The van der Waals surface area contributed by atoms with Crippen molar-refractivity contribution in [1.29, 1.82) is 0 Å². The number of amides is 1. The van der Waals surface area contributed by atoms with Crippen molar-refractivity contribution in [3.05, 3.63) is 68.2 Å². The van der Waals surface area contributed by atoms with Crippen molar-refractivity contribution < 1.29 is 13.9 Å². The molecule has 1 aromatic heterocycles. The molecular weight excluding hydrogens is 329 g/mol. The van der Waals surface area contributed by atoms with Gasteiger partial charge in [-0.1, -0.05) is 12.1 Å². The molecule has 1 aliphatic rings. The molecule has 25 heavy (non-hydrogen) atoms. The van der Waals surface area contributed by atoms with E-state index in [4.69, 9.17) is 4.74 Å². The fourth-order valence-electron chi connectivity index (χ4n) is 2.82. The summed E-state index contributed by atoms with van der Waals surface area (Å²) >= 11 is 0. The molecule has 132 valence electrons. The van der Waals surface area contributed by atoms with Crippen molar-refractivity contribution in [3.8, 4) is 0 Å². The first-order valence-corrected chi connectivity index (χ1v) is 8.00. The first-order chi connectivity index (χ1) is 12.0. The number of benzene rings is 1. The normalized spacial score (nSPS) is 16.8. The van der Waals surface area contributed by atoms with Gasteiger partial charge in [0, 0.05) is 25.8 Å². The Labute approximate surface area is 142 Å². The third-order valence-corrected chi connectivity index (χ3v) is 4.01. The Kier molecular flexibility index (Phi) is 5.08. The van der Waals surface area contributed by atoms with Gasteiger partial charge < -0.3 is 14.6 Å². The lowest BCUT2D eigenvalue weighted by molar-refractivity contribution is 0.0502. The van der Waals surface area contributed by atoms with Gasteiger partial charge in [0.1, 0.15) is 11.5 Å². The molecule has 2 heterocycles. The number of hydrogen-bond acceptors (Lipinski definition) is 4. The van der Waals surface area contributed by atoms with Gasteiger partial charge in [0.2, 0.25) is 0 Å². The molecule has 1 atom stereocenters. The number of rotatable bonds is 5. The number of carbonyl (C=O) groups is 1. The van der Waals surface area contributed by atoms with Gasteiger partial charge in [0.15, 0.2) is 0 Å². The highest BCUT2D eigenvalue weighted by atomic mass is 19.1. The van der Waals surface area contributed by atoms with Crippen LogP contribution in [0, 0.1) is 5.82 Å². The molecule has 2 N–H and O–H groups in total. The van der Waals surface area contributed by atoms with Crippen LogP contribution in [0.2, 0.25) is 0 Å². The van der Waals surface area contributed by atoms with Crippen LogP contribution in [0.25, 0.3) is 0 Å². The molecule has 3 rings (SSSR count). The van der Waals surface area contributed by atoms with Crippen molar-refractivity contribution in [2.45, 2.75) is 25.5 Å². The molecule has 1 fully saturated rings. The lowest BCUT2D eigenvalue weighted by Crippen LogP contribution is -2.39. The van der Waals surface area contributed by atoms with Gasteiger partial charge in [-0.05, 0) is 30.5 Å². The van der Waals surface area contributed by atoms with Gasteiger partial charge in [-0.25, -0.2) is 9.18 Å². The number of aromatic nitrogens is 2. The van der Waals surface area contributed by atoms with Crippen LogP contribution in [0.3, 0.4) is 0 Å². The molecule has 2 aromatic rings. The summed E-state index contributed by atoms with van der Waals surface area (Å²) < 4.78 is 18.7. The van der Waals surface area contributed by atoms with Gasteiger partial charge in [-0.2, -0.15) is 0 Å². The van der Waals surface area contributed by atoms with E-state index in [1.165, 1.54) is 17.0 Å². The van der Waals surface area contributed by atoms with Crippen LogP contribution in [0.4, 0.5) is 4.39 Å². The highest BCUT2D eigenvalue weighted by Crippen LogP contribution is 2.16. The maximum Gasteiger partial charge on any atom is 0.326 e. The van der Waals surface area contributed by atoms with Crippen LogP contribution in [-0.4, -0.2) is 40.0 Å². The molecule has 1 saturated heterocycles. The largest absolute Gasteiger partial charge is 0.376 e. The predicted octanol–water partition coefficient (Wildman–Crippen LogP) is 1.02. The highest BCUT2D eigenvalue weighted by molar-refractivity contribution is 5.92. The smallest absolute Gasteiger partial charge is 0.326 e. The van der Waals surface area contributed by atoms with E-state index in [9.17, 15) is 18.8 Å². The van der Waals surface area contributed by atoms with Crippen molar-refractivity contribution >= 4 is 5.91 Å². The molecule has 0 unspecified atom stereocenters. The average molecular weight is 347 g/mol. The van der Waals surface area contributed by atoms with Gasteiger partial charge in [-0.3, -0.25) is 14.6 Å². The summed E-state index contributed by atoms with van der Waals surface area (Å²) in [6.07, 6.45) is 1.66. The third-order valence-electron chi connectivity index (χ3n) is 4.01. The second-order valence-electron chi connectivity index (χ2n) is 5.95. The van der Waals surface area contributed by atoms with Gasteiger partial charge >= 0.3 is 5.69 Å². The third kappa shape index (κ3) is 4.42. The van der Waals surface area contributed by atoms with Crippen LogP contribution >= 0.6 is 0 Å². The van der Waals surface area contributed by atoms with Crippen LogP contribution in [0.1, 0.15) is 28.9 Å². The van der Waals surface area contributed by atoms with E-state index in [0.717, 1.165) is 24.5 Å². The molecule has 8 heteroatoms. The summed E-state index contributed by atoms with van der Waals surface area (Å²) in [5, 5.41) is 0. The lowest BCUT2D eigenvalue weighted by Gasteiger charge is -2.25. The number of ether oxygens (including phenoxy) is 1. The summed E-state index contributed by atoms with van der Waals surface area (Å²) in [4.78, 5) is 41.5. The van der Waals surface area contributed by atoms with Gasteiger partial charge in [0.05, 0.1) is 6.10 Å². The number of H-pyrrole nitrogens is 2. The fraction of sp³-hybridized carbons (Fsp3) is 0.353. The topological polar surface area (TPSA) is 95.3 Å². The number of hydrogen-bond donors (Lipinski definition) is 2. The zero-order chi connectivity index (χ0) is 17.8. The fourth-order valence-corrected chi connectivity index (χ4v) is 2.82. The lowest BCUT2D eigenvalue weighted by atomic mass is 10.1. The zero-order valence-corrected chi connectivity index (χ0v) is 13.5. The first kappa shape index (κ1) is 17.1. The van der Waals surface area contributed by atoms with Crippen LogP contribution in [-0.2, 0) is 11.3 Å². The minimum atomic E-state index is -0.741. The molecular formula is C17H18FN3O4.